The summed E-state index contributed by atoms with van der Waals surface area (Å²) in [4.78, 5) is 12.1. The number of amides is 1. The van der Waals surface area contributed by atoms with Gasteiger partial charge in [0.25, 0.3) is 0 Å². The number of fused-ring (bicyclic) bond motifs is 2. The van der Waals surface area contributed by atoms with Crippen LogP contribution < -0.4 is 11.1 Å². The maximum absolute atomic E-state index is 12.1. The number of nitrogens with two attached hydrogens (primary N) is 1. The number of rotatable bonds is 5. The predicted octanol–water partition coefficient (Wildman–Crippen LogP) is 1.44. The zero-order chi connectivity index (χ0) is 11.5. The van der Waals surface area contributed by atoms with Crippen molar-refractivity contribution in [2.45, 2.75) is 38.6 Å². The van der Waals surface area contributed by atoms with E-state index in [0.29, 0.717) is 18.4 Å². The molecule has 16 heavy (non-hydrogen) atoms. The highest BCUT2D eigenvalue weighted by Gasteiger charge is 2.39. The van der Waals surface area contributed by atoms with E-state index in [-0.39, 0.29) is 17.9 Å². The van der Waals surface area contributed by atoms with E-state index < -0.39 is 0 Å². The summed E-state index contributed by atoms with van der Waals surface area (Å²) in [5.41, 5.74) is 5.65. The van der Waals surface area contributed by atoms with Gasteiger partial charge in [0.15, 0.2) is 0 Å². The first-order chi connectivity index (χ1) is 7.74. The normalized spacial score (nSPS) is 33.0. The largest absolute Gasteiger partial charge is 0.352 e. The lowest BCUT2D eigenvalue weighted by atomic mass is 9.92. The highest BCUT2D eigenvalue weighted by molar-refractivity contribution is 5.80. The van der Waals surface area contributed by atoms with Gasteiger partial charge in [0.1, 0.15) is 0 Å². The lowest BCUT2D eigenvalue weighted by Crippen LogP contribution is -2.43. The Labute approximate surface area is 97.5 Å². The first-order valence-corrected chi connectivity index (χ1v) is 6.43. The van der Waals surface area contributed by atoms with Crippen LogP contribution in [0.25, 0.3) is 0 Å². The number of hydrogen-bond acceptors (Lipinski definition) is 2. The first kappa shape index (κ1) is 11.6. The van der Waals surface area contributed by atoms with Crippen molar-refractivity contribution in [3.05, 3.63) is 12.2 Å². The van der Waals surface area contributed by atoms with E-state index in [0.717, 1.165) is 19.3 Å². The van der Waals surface area contributed by atoms with Crippen molar-refractivity contribution < 1.29 is 4.79 Å². The van der Waals surface area contributed by atoms with Crippen LogP contribution >= 0.6 is 0 Å². The fourth-order valence-electron chi connectivity index (χ4n) is 2.99. The predicted molar refractivity (Wildman–Crippen MR) is 64.7 cm³/mol. The Bertz CT molecular complexity index is 288. The van der Waals surface area contributed by atoms with Crippen LogP contribution in [0.5, 0.6) is 0 Å². The monoisotopic (exact) mass is 222 g/mol. The molecule has 4 atom stereocenters. The van der Waals surface area contributed by atoms with Gasteiger partial charge in [0.2, 0.25) is 5.91 Å². The van der Waals surface area contributed by atoms with Crippen LogP contribution in [0.15, 0.2) is 12.2 Å². The zero-order valence-electron chi connectivity index (χ0n) is 9.99. The van der Waals surface area contributed by atoms with Gasteiger partial charge in [0.05, 0.1) is 0 Å². The van der Waals surface area contributed by atoms with Crippen molar-refractivity contribution in [1.29, 1.82) is 0 Å². The Hall–Kier alpha value is -0.830. The summed E-state index contributed by atoms with van der Waals surface area (Å²) in [6, 6.07) is 0.167. The molecule has 0 aliphatic heterocycles. The summed E-state index contributed by atoms with van der Waals surface area (Å²) in [6.07, 6.45) is 8.75. The van der Waals surface area contributed by atoms with Gasteiger partial charge >= 0.3 is 0 Å². The van der Waals surface area contributed by atoms with E-state index in [9.17, 15) is 4.79 Å². The van der Waals surface area contributed by atoms with Gasteiger partial charge in [0, 0.05) is 18.5 Å². The van der Waals surface area contributed by atoms with Gasteiger partial charge in [-0.2, -0.15) is 0 Å². The Balaban J connectivity index is 1.86. The Kier molecular flexibility index (Phi) is 3.64. The van der Waals surface area contributed by atoms with Crippen molar-refractivity contribution in [3.63, 3.8) is 0 Å². The molecule has 3 N–H and O–H groups in total. The molecule has 0 aromatic carbocycles. The molecular weight excluding hydrogens is 200 g/mol. The minimum absolute atomic E-state index is 0.167. The second-order valence-corrected chi connectivity index (χ2v) is 5.12. The second kappa shape index (κ2) is 5.00. The maximum atomic E-state index is 12.1. The van der Waals surface area contributed by atoms with E-state index in [1.54, 1.807) is 0 Å². The van der Waals surface area contributed by atoms with E-state index in [2.05, 4.69) is 24.4 Å². The molecule has 0 radical (unpaired) electrons. The van der Waals surface area contributed by atoms with Gasteiger partial charge in [-0.1, -0.05) is 25.5 Å². The average molecular weight is 222 g/mol. The number of nitrogens with one attached hydrogen (secondary N) is 1. The average Bonchev–Trinajstić information content (AvgIpc) is 2.89. The van der Waals surface area contributed by atoms with Crippen molar-refractivity contribution in [1.82, 2.24) is 5.32 Å². The fourth-order valence-corrected chi connectivity index (χ4v) is 2.99. The van der Waals surface area contributed by atoms with Crippen LogP contribution in [0.4, 0.5) is 0 Å². The van der Waals surface area contributed by atoms with Crippen molar-refractivity contribution >= 4 is 5.91 Å². The highest BCUT2D eigenvalue weighted by Crippen LogP contribution is 2.43. The quantitative estimate of drug-likeness (QED) is 0.692. The van der Waals surface area contributed by atoms with Crippen LogP contribution in [0.3, 0.4) is 0 Å². The number of carbonyl (C=O) groups excluding carboxylic acids is 1. The number of hydrogen-bond donors (Lipinski definition) is 2. The molecule has 3 heteroatoms. The van der Waals surface area contributed by atoms with Gasteiger partial charge in [-0.05, 0) is 31.1 Å². The molecule has 0 aromatic rings. The molecule has 2 aliphatic carbocycles. The molecule has 2 aliphatic rings. The highest BCUT2D eigenvalue weighted by atomic mass is 16.2. The molecule has 90 valence electrons. The van der Waals surface area contributed by atoms with Gasteiger partial charge in [-0.3, -0.25) is 4.79 Å². The molecule has 0 heterocycles. The van der Waals surface area contributed by atoms with Crippen molar-refractivity contribution in [2.24, 2.45) is 23.5 Å². The fraction of sp³-hybridized carbons (Fsp3) is 0.769. The third-order valence-corrected chi connectivity index (χ3v) is 3.88. The van der Waals surface area contributed by atoms with E-state index in [1.165, 1.54) is 6.42 Å². The first-order valence-electron chi connectivity index (χ1n) is 6.43. The van der Waals surface area contributed by atoms with Crippen LogP contribution in [-0.2, 0) is 4.79 Å². The summed E-state index contributed by atoms with van der Waals surface area (Å²) in [5.74, 6) is 1.58. The SMILES string of the molecule is CCCC(CN)NC(=O)C1CC2C=CC1C2. The number of allylic oxidation sites excluding steroid dienone is 2. The van der Waals surface area contributed by atoms with Crippen molar-refractivity contribution in [3.8, 4) is 0 Å². The minimum Gasteiger partial charge on any atom is -0.352 e. The van der Waals surface area contributed by atoms with E-state index >= 15 is 0 Å². The molecule has 0 spiro atoms. The molecule has 2 bridgehead atoms. The molecule has 3 nitrogen and oxygen atoms in total. The minimum atomic E-state index is 0.167. The summed E-state index contributed by atoms with van der Waals surface area (Å²) in [6.45, 7) is 2.67. The topological polar surface area (TPSA) is 55.1 Å². The summed E-state index contributed by atoms with van der Waals surface area (Å²) in [7, 11) is 0. The zero-order valence-corrected chi connectivity index (χ0v) is 9.99. The van der Waals surface area contributed by atoms with E-state index in [1.807, 2.05) is 0 Å². The van der Waals surface area contributed by atoms with Crippen LogP contribution in [0.2, 0.25) is 0 Å². The second-order valence-electron chi connectivity index (χ2n) is 5.12. The standard InChI is InChI=1S/C13H22N2O/c1-2-3-11(8-14)15-13(16)12-7-9-4-5-10(12)6-9/h4-5,9-12H,2-3,6-8,14H2,1H3,(H,15,16). The van der Waals surface area contributed by atoms with Crippen molar-refractivity contribution in [2.75, 3.05) is 6.54 Å². The molecule has 4 unspecified atom stereocenters. The molecule has 1 fully saturated rings. The van der Waals surface area contributed by atoms with Crippen LogP contribution in [0, 0.1) is 17.8 Å². The third-order valence-electron chi connectivity index (χ3n) is 3.88. The molecule has 1 amide bonds. The van der Waals surface area contributed by atoms with Crippen LogP contribution in [-0.4, -0.2) is 18.5 Å². The molecule has 0 saturated heterocycles. The Morgan fingerprint density at radius 1 is 1.50 bits per heavy atom. The molecule has 2 rings (SSSR count). The van der Waals surface area contributed by atoms with Gasteiger partial charge < -0.3 is 11.1 Å². The van der Waals surface area contributed by atoms with Gasteiger partial charge in [-0.15, -0.1) is 0 Å². The smallest absolute Gasteiger partial charge is 0.223 e. The molecule has 1 saturated carbocycles. The number of carbonyl (C=O) groups is 1. The van der Waals surface area contributed by atoms with E-state index in [4.69, 9.17) is 5.73 Å². The summed E-state index contributed by atoms with van der Waals surface area (Å²) >= 11 is 0. The third kappa shape index (κ3) is 2.29. The molecule has 0 aromatic heterocycles. The lowest BCUT2D eigenvalue weighted by molar-refractivity contribution is -0.126. The lowest BCUT2D eigenvalue weighted by Gasteiger charge is -2.22. The maximum Gasteiger partial charge on any atom is 0.223 e. The van der Waals surface area contributed by atoms with Crippen LogP contribution in [0.1, 0.15) is 32.6 Å². The Morgan fingerprint density at radius 3 is 2.81 bits per heavy atom. The summed E-state index contributed by atoms with van der Waals surface area (Å²) < 4.78 is 0. The molecular formula is C13H22N2O. The Morgan fingerprint density at radius 2 is 2.31 bits per heavy atom. The van der Waals surface area contributed by atoms with Gasteiger partial charge in [-0.25, -0.2) is 0 Å². The summed E-state index contributed by atoms with van der Waals surface area (Å²) in [5, 5.41) is 3.10.